The van der Waals surface area contributed by atoms with E-state index in [1.165, 1.54) is 19.4 Å². The molecule has 0 amide bonds. The van der Waals surface area contributed by atoms with Gasteiger partial charge >= 0.3 is 5.97 Å². The molecule has 126 valence electrons. The summed E-state index contributed by atoms with van der Waals surface area (Å²) in [5, 5.41) is 10.8. The van der Waals surface area contributed by atoms with Gasteiger partial charge in [-0.25, -0.2) is 14.2 Å². The molecule has 0 fully saturated rings. The lowest BCUT2D eigenvalue weighted by atomic mass is 10.1. The first-order valence-corrected chi connectivity index (χ1v) is 7.53. The van der Waals surface area contributed by atoms with Gasteiger partial charge in [0, 0.05) is 12.1 Å². The van der Waals surface area contributed by atoms with Crippen LogP contribution >= 0.6 is 0 Å². The van der Waals surface area contributed by atoms with Gasteiger partial charge in [0.05, 0.1) is 24.6 Å². The first kappa shape index (κ1) is 16.5. The van der Waals surface area contributed by atoms with E-state index in [4.69, 9.17) is 0 Å². The topological polar surface area (TPSA) is 77.0 Å². The van der Waals surface area contributed by atoms with E-state index in [9.17, 15) is 9.18 Å². The number of methoxy groups -OCH3 is 1. The van der Waals surface area contributed by atoms with Crippen LogP contribution in [0.2, 0.25) is 0 Å². The molecule has 25 heavy (non-hydrogen) atoms. The number of ether oxygens (including phenoxy) is 1. The highest BCUT2D eigenvalue weighted by Gasteiger charge is 2.08. The standard InChI is InChI=1S/C18H15FN4O2/c1-25-17(24)13-8-6-12(7-9-13)10-20-18-22-16(11-21-23-18)14-4-2-3-5-15(14)19/h2-9,11H,10H2,1H3,(H,20,22,23). The van der Waals surface area contributed by atoms with Crippen LogP contribution in [0.25, 0.3) is 11.3 Å². The highest BCUT2D eigenvalue weighted by molar-refractivity contribution is 5.89. The molecular weight excluding hydrogens is 323 g/mol. The van der Waals surface area contributed by atoms with E-state index in [2.05, 4.69) is 25.2 Å². The van der Waals surface area contributed by atoms with E-state index in [1.807, 2.05) is 0 Å². The average Bonchev–Trinajstić information content (AvgIpc) is 2.67. The first-order valence-electron chi connectivity index (χ1n) is 7.53. The minimum Gasteiger partial charge on any atom is -0.465 e. The summed E-state index contributed by atoms with van der Waals surface area (Å²) in [6.07, 6.45) is 1.41. The third kappa shape index (κ3) is 3.95. The van der Waals surface area contributed by atoms with Crippen LogP contribution in [0.4, 0.5) is 10.3 Å². The maximum atomic E-state index is 13.8. The number of rotatable bonds is 5. The van der Waals surface area contributed by atoms with Crippen LogP contribution < -0.4 is 5.32 Å². The van der Waals surface area contributed by atoms with Gasteiger partial charge in [-0.05, 0) is 29.8 Å². The molecule has 0 aliphatic carbocycles. The summed E-state index contributed by atoms with van der Waals surface area (Å²) >= 11 is 0. The Kier molecular flexibility index (Phi) is 4.94. The molecule has 0 atom stereocenters. The van der Waals surface area contributed by atoms with Crippen LogP contribution in [-0.2, 0) is 11.3 Å². The monoisotopic (exact) mass is 338 g/mol. The highest BCUT2D eigenvalue weighted by Crippen LogP contribution is 2.20. The van der Waals surface area contributed by atoms with E-state index < -0.39 is 0 Å². The molecule has 2 aromatic carbocycles. The van der Waals surface area contributed by atoms with Gasteiger partial charge in [0.1, 0.15) is 5.82 Å². The van der Waals surface area contributed by atoms with Gasteiger partial charge in [-0.3, -0.25) is 0 Å². The number of nitrogens with one attached hydrogen (secondary N) is 1. The van der Waals surface area contributed by atoms with E-state index >= 15 is 0 Å². The zero-order valence-electron chi connectivity index (χ0n) is 13.4. The second kappa shape index (κ2) is 7.48. The number of carbonyl (C=O) groups excluding carboxylic acids is 1. The Bertz CT molecular complexity index is 884. The van der Waals surface area contributed by atoms with Crippen LogP contribution in [-0.4, -0.2) is 28.3 Å². The number of hydrogen-bond donors (Lipinski definition) is 1. The van der Waals surface area contributed by atoms with E-state index in [0.29, 0.717) is 23.4 Å². The average molecular weight is 338 g/mol. The molecular formula is C18H15FN4O2. The predicted molar refractivity (Wildman–Crippen MR) is 90.3 cm³/mol. The number of anilines is 1. The lowest BCUT2D eigenvalue weighted by Crippen LogP contribution is -2.06. The van der Waals surface area contributed by atoms with Crippen LogP contribution in [0.5, 0.6) is 0 Å². The molecule has 0 bridgehead atoms. The fraction of sp³-hybridized carbons (Fsp3) is 0.111. The van der Waals surface area contributed by atoms with Crippen LogP contribution in [0.15, 0.2) is 54.7 Å². The Morgan fingerprint density at radius 2 is 1.92 bits per heavy atom. The summed E-state index contributed by atoms with van der Waals surface area (Å²) in [4.78, 5) is 15.7. The second-order valence-electron chi connectivity index (χ2n) is 5.19. The van der Waals surface area contributed by atoms with Gasteiger partial charge in [-0.1, -0.05) is 24.3 Å². The highest BCUT2D eigenvalue weighted by atomic mass is 19.1. The zero-order chi connectivity index (χ0) is 17.6. The van der Waals surface area contributed by atoms with Crippen molar-refractivity contribution < 1.29 is 13.9 Å². The summed E-state index contributed by atoms with van der Waals surface area (Å²) in [5.74, 6) is -0.463. The second-order valence-corrected chi connectivity index (χ2v) is 5.19. The molecule has 0 saturated carbocycles. The van der Waals surface area contributed by atoms with Crippen LogP contribution in [0.3, 0.4) is 0 Å². The van der Waals surface area contributed by atoms with Crippen molar-refractivity contribution in [2.75, 3.05) is 12.4 Å². The maximum absolute atomic E-state index is 13.8. The maximum Gasteiger partial charge on any atom is 0.337 e. The zero-order valence-corrected chi connectivity index (χ0v) is 13.4. The first-order chi connectivity index (χ1) is 12.2. The Morgan fingerprint density at radius 3 is 2.64 bits per heavy atom. The van der Waals surface area contributed by atoms with Gasteiger partial charge in [-0.2, -0.15) is 5.10 Å². The van der Waals surface area contributed by atoms with Crippen molar-refractivity contribution in [3.8, 4) is 11.3 Å². The molecule has 0 aliphatic rings. The normalized spacial score (nSPS) is 10.3. The molecule has 1 N–H and O–H groups in total. The number of carbonyl (C=O) groups is 1. The summed E-state index contributed by atoms with van der Waals surface area (Å²) < 4.78 is 18.5. The Morgan fingerprint density at radius 1 is 1.16 bits per heavy atom. The van der Waals surface area contributed by atoms with Gasteiger partial charge < -0.3 is 10.1 Å². The number of benzene rings is 2. The molecule has 1 aromatic heterocycles. The third-order valence-electron chi connectivity index (χ3n) is 3.53. The fourth-order valence-electron chi connectivity index (χ4n) is 2.23. The molecule has 0 radical (unpaired) electrons. The fourth-order valence-corrected chi connectivity index (χ4v) is 2.23. The molecule has 3 rings (SSSR count). The minimum atomic E-state index is -0.385. The summed E-state index contributed by atoms with van der Waals surface area (Å²) in [6, 6.07) is 13.3. The molecule has 0 saturated heterocycles. The minimum absolute atomic E-state index is 0.290. The van der Waals surface area contributed by atoms with E-state index in [0.717, 1.165) is 5.56 Å². The summed E-state index contributed by atoms with van der Waals surface area (Å²) in [6.45, 7) is 0.434. The largest absolute Gasteiger partial charge is 0.465 e. The van der Waals surface area contributed by atoms with Crippen molar-refractivity contribution in [1.82, 2.24) is 15.2 Å². The van der Waals surface area contributed by atoms with Crippen molar-refractivity contribution in [2.45, 2.75) is 6.54 Å². The predicted octanol–water partition coefficient (Wildman–Crippen LogP) is 3.08. The van der Waals surface area contributed by atoms with Crippen molar-refractivity contribution >= 4 is 11.9 Å². The van der Waals surface area contributed by atoms with Gasteiger partial charge in [0.15, 0.2) is 0 Å². The number of esters is 1. The Balaban J connectivity index is 1.71. The molecule has 0 spiro atoms. The summed E-state index contributed by atoms with van der Waals surface area (Å²) in [7, 11) is 1.34. The number of aromatic nitrogens is 3. The van der Waals surface area contributed by atoms with E-state index in [-0.39, 0.29) is 17.7 Å². The number of nitrogens with zero attached hydrogens (tertiary/aromatic N) is 3. The SMILES string of the molecule is COC(=O)c1ccc(CNc2nncc(-c3ccccc3F)n2)cc1. The molecule has 7 heteroatoms. The van der Waals surface area contributed by atoms with Crippen molar-refractivity contribution in [3.05, 3.63) is 71.7 Å². The van der Waals surface area contributed by atoms with Crippen molar-refractivity contribution in [2.24, 2.45) is 0 Å². The lowest BCUT2D eigenvalue weighted by molar-refractivity contribution is 0.0600. The quantitative estimate of drug-likeness (QED) is 0.721. The smallest absolute Gasteiger partial charge is 0.337 e. The van der Waals surface area contributed by atoms with Crippen molar-refractivity contribution in [1.29, 1.82) is 0 Å². The van der Waals surface area contributed by atoms with Gasteiger partial charge in [0.25, 0.3) is 0 Å². The van der Waals surface area contributed by atoms with Gasteiger partial charge in [-0.15, -0.1) is 5.10 Å². The van der Waals surface area contributed by atoms with Crippen molar-refractivity contribution in [3.63, 3.8) is 0 Å². The van der Waals surface area contributed by atoms with Gasteiger partial charge in [0.2, 0.25) is 5.95 Å². The lowest BCUT2D eigenvalue weighted by Gasteiger charge is -2.07. The van der Waals surface area contributed by atoms with Crippen LogP contribution in [0.1, 0.15) is 15.9 Å². The molecule has 6 nitrogen and oxygen atoms in total. The molecule has 3 aromatic rings. The molecule has 0 unspecified atom stereocenters. The molecule has 1 heterocycles. The summed E-state index contributed by atoms with van der Waals surface area (Å²) in [5.41, 5.74) is 2.16. The Labute approximate surface area is 143 Å². The van der Waals surface area contributed by atoms with Crippen LogP contribution in [0, 0.1) is 5.82 Å². The Hall–Kier alpha value is -3.35. The third-order valence-corrected chi connectivity index (χ3v) is 3.53. The number of halogens is 1. The molecule has 0 aliphatic heterocycles. The number of hydrogen-bond acceptors (Lipinski definition) is 6. The van der Waals surface area contributed by atoms with E-state index in [1.54, 1.807) is 42.5 Å².